The zero-order valence-electron chi connectivity index (χ0n) is 23.4. The molecular weight excluding hydrogens is 605 g/mol. The molecule has 11 heteroatoms. The van der Waals surface area contributed by atoms with Gasteiger partial charge in [-0.2, -0.15) is 0 Å². The topological polar surface area (TPSA) is 86.8 Å². The molecule has 3 aromatic carbocycles. The number of carbonyl (C=O) groups excluding carboxylic acids is 2. The van der Waals surface area contributed by atoms with Crippen molar-refractivity contribution in [1.29, 1.82) is 0 Å². The summed E-state index contributed by atoms with van der Waals surface area (Å²) in [7, 11) is -3.92. The van der Waals surface area contributed by atoms with Crippen molar-refractivity contribution in [3.05, 3.63) is 98.5 Å². The number of halogens is 3. The normalized spacial score (nSPS) is 12.2. The lowest BCUT2D eigenvalue weighted by Gasteiger charge is -2.34. The van der Waals surface area contributed by atoms with Gasteiger partial charge in [0.1, 0.15) is 12.6 Å². The molecule has 0 heterocycles. The van der Waals surface area contributed by atoms with Crippen LogP contribution in [0.2, 0.25) is 15.1 Å². The molecule has 220 valence electrons. The fourth-order valence-corrected chi connectivity index (χ4v) is 5.71. The van der Waals surface area contributed by atoms with Gasteiger partial charge in [0.25, 0.3) is 0 Å². The standard InChI is InChI=1S/C30H34Cl3N3O4S/c1-20(2)17-34-30(38)28(15-22-9-6-5-7-10-22)35(18-24-25(31)11-8-12-26(24)32)29(37)19-36(41(4,39)40)23-14-13-21(3)27(33)16-23/h5-14,16,20,28H,15,17-19H2,1-4H3,(H,34,38)/t28-/m0/s1. The summed E-state index contributed by atoms with van der Waals surface area (Å²) in [6, 6.07) is 18.0. The lowest BCUT2D eigenvalue weighted by atomic mass is 10.0. The predicted octanol–water partition coefficient (Wildman–Crippen LogP) is 6.13. The summed E-state index contributed by atoms with van der Waals surface area (Å²) in [6.45, 7) is 5.45. The van der Waals surface area contributed by atoms with Gasteiger partial charge in [0, 0.05) is 40.1 Å². The Bertz CT molecular complexity index is 1460. The second kappa shape index (κ2) is 14.4. The van der Waals surface area contributed by atoms with E-state index in [4.69, 9.17) is 34.8 Å². The van der Waals surface area contributed by atoms with Crippen LogP contribution in [-0.4, -0.2) is 50.5 Å². The lowest BCUT2D eigenvalue weighted by molar-refractivity contribution is -0.140. The van der Waals surface area contributed by atoms with Gasteiger partial charge in [-0.25, -0.2) is 8.42 Å². The Morgan fingerprint density at radius 1 is 0.902 bits per heavy atom. The number of carbonyl (C=O) groups is 2. The molecule has 7 nitrogen and oxygen atoms in total. The molecule has 0 aromatic heterocycles. The number of rotatable bonds is 12. The maximum atomic E-state index is 14.1. The largest absolute Gasteiger partial charge is 0.354 e. The monoisotopic (exact) mass is 637 g/mol. The first-order chi connectivity index (χ1) is 19.3. The van der Waals surface area contributed by atoms with Gasteiger partial charge >= 0.3 is 0 Å². The first-order valence-corrected chi connectivity index (χ1v) is 16.0. The SMILES string of the molecule is Cc1ccc(N(CC(=O)N(Cc2c(Cl)cccc2Cl)[C@@H](Cc2ccccc2)C(=O)NCC(C)C)S(C)(=O)=O)cc1Cl. The van der Waals surface area contributed by atoms with Crippen LogP contribution in [0.3, 0.4) is 0 Å². The van der Waals surface area contributed by atoms with E-state index in [9.17, 15) is 18.0 Å². The maximum absolute atomic E-state index is 14.1. The van der Waals surface area contributed by atoms with Crippen molar-refractivity contribution in [3.8, 4) is 0 Å². The van der Waals surface area contributed by atoms with Crippen LogP contribution in [0.5, 0.6) is 0 Å². The molecule has 2 amide bonds. The molecule has 0 radical (unpaired) electrons. The molecule has 0 saturated carbocycles. The van der Waals surface area contributed by atoms with Crippen molar-refractivity contribution in [2.75, 3.05) is 23.7 Å². The average molecular weight is 639 g/mol. The fraction of sp³-hybridized carbons (Fsp3) is 0.333. The van der Waals surface area contributed by atoms with E-state index in [-0.39, 0.29) is 30.5 Å². The van der Waals surface area contributed by atoms with Gasteiger partial charge in [0.2, 0.25) is 21.8 Å². The van der Waals surface area contributed by atoms with E-state index < -0.39 is 28.5 Å². The van der Waals surface area contributed by atoms with Gasteiger partial charge in [-0.05, 0) is 48.2 Å². The Morgan fingerprint density at radius 2 is 1.54 bits per heavy atom. The molecule has 0 aliphatic rings. The summed E-state index contributed by atoms with van der Waals surface area (Å²) in [5.41, 5.74) is 2.26. The van der Waals surface area contributed by atoms with Gasteiger partial charge in [-0.3, -0.25) is 13.9 Å². The summed E-state index contributed by atoms with van der Waals surface area (Å²) >= 11 is 19.3. The number of sulfonamides is 1. The predicted molar refractivity (Wildman–Crippen MR) is 167 cm³/mol. The van der Waals surface area contributed by atoms with Gasteiger partial charge < -0.3 is 10.2 Å². The minimum Gasteiger partial charge on any atom is -0.354 e. The number of amides is 2. The zero-order chi connectivity index (χ0) is 30.3. The van der Waals surface area contributed by atoms with Crippen LogP contribution in [-0.2, 0) is 32.6 Å². The Labute approximate surface area is 257 Å². The highest BCUT2D eigenvalue weighted by molar-refractivity contribution is 7.92. The van der Waals surface area contributed by atoms with Crippen LogP contribution in [0.4, 0.5) is 5.69 Å². The van der Waals surface area contributed by atoms with E-state index in [1.807, 2.05) is 44.2 Å². The van der Waals surface area contributed by atoms with Crippen LogP contribution < -0.4 is 9.62 Å². The molecule has 1 N–H and O–H groups in total. The minimum atomic E-state index is -3.92. The van der Waals surface area contributed by atoms with E-state index in [0.29, 0.717) is 27.2 Å². The first-order valence-electron chi connectivity index (χ1n) is 13.1. The van der Waals surface area contributed by atoms with Gasteiger partial charge in [-0.15, -0.1) is 0 Å². The summed E-state index contributed by atoms with van der Waals surface area (Å²) in [4.78, 5) is 29.2. The van der Waals surface area contributed by atoms with Crippen molar-refractivity contribution in [3.63, 3.8) is 0 Å². The van der Waals surface area contributed by atoms with Crippen molar-refractivity contribution in [2.24, 2.45) is 5.92 Å². The van der Waals surface area contributed by atoms with E-state index in [1.54, 1.807) is 37.3 Å². The number of benzene rings is 3. The summed E-state index contributed by atoms with van der Waals surface area (Å²) in [6.07, 6.45) is 1.20. The van der Waals surface area contributed by atoms with Crippen LogP contribution in [0.25, 0.3) is 0 Å². The smallest absolute Gasteiger partial charge is 0.244 e. The molecule has 0 fully saturated rings. The number of hydrogen-bond acceptors (Lipinski definition) is 4. The van der Waals surface area contributed by atoms with Crippen LogP contribution in [0.1, 0.15) is 30.5 Å². The van der Waals surface area contributed by atoms with Crippen molar-refractivity contribution >= 4 is 62.3 Å². The quantitative estimate of drug-likeness (QED) is 0.259. The summed E-state index contributed by atoms with van der Waals surface area (Å²) in [5.74, 6) is -0.808. The Hall–Kier alpha value is -2.78. The maximum Gasteiger partial charge on any atom is 0.244 e. The van der Waals surface area contributed by atoms with Gasteiger partial charge in [0.15, 0.2) is 0 Å². The van der Waals surface area contributed by atoms with E-state index >= 15 is 0 Å². The summed E-state index contributed by atoms with van der Waals surface area (Å²) < 4.78 is 26.8. The molecule has 0 bridgehead atoms. The summed E-state index contributed by atoms with van der Waals surface area (Å²) in [5, 5.41) is 3.94. The number of aryl methyl sites for hydroxylation is 1. The number of hydrogen-bond donors (Lipinski definition) is 1. The third-order valence-corrected chi connectivity index (χ3v) is 8.72. The average Bonchev–Trinajstić information content (AvgIpc) is 2.90. The van der Waals surface area contributed by atoms with E-state index in [0.717, 1.165) is 21.7 Å². The minimum absolute atomic E-state index is 0.115. The molecule has 0 unspecified atom stereocenters. The molecule has 3 aromatic rings. The van der Waals surface area contributed by atoms with E-state index in [2.05, 4.69) is 5.32 Å². The molecule has 0 aliphatic carbocycles. The van der Waals surface area contributed by atoms with Crippen LogP contribution >= 0.6 is 34.8 Å². The van der Waals surface area contributed by atoms with Crippen LogP contribution in [0.15, 0.2) is 66.7 Å². The third-order valence-electron chi connectivity index (χ3n) is 6.47. The van der Waals surface area contributed by atoms with Crippen molar-refractivity contribution < 1.29 is 18.0 Å². The lowest BCUT2D eigenvalue weighted by Crippen LogP contribution is -2.53. The second-order valence-electron chi connectivity index (χ2n) is 10.3. The van der Waals surface area contributed by atoms with E-state index in [1.165, 1.54) is 11.0 Å². The molecule has 0 spiro atoms. The highest BCUT2D eigenvalue weighted by atomic mass is 35.5. The highest BCUT2D eigenvalue weighted by Crippen LogP contribution is 2.29. The molecule has 41 heavy (non-hydrogen) atoms. The van der Waals surface area contributed by atoms with Crippen molar-refractivity contribution in [2.45, 2.75) is 39.8 Å². The third kappa shape index (κ3) is 9.10. The molecule has 1 atom stereocenters. The zero-order valence-corrected chi connectivity index (χ0v) is 26.5. The second-order valence-corrected chi connectivity index (χ2v) is 13.4. The fourth-order valence-electron chi connectivity index (χ4n) is 4.18. The van der Waals surface area contributed by atoms with Crippen molar-refractivity contribution in [1.82, 2.24) is 10.2 Å². The Kier molecular flexibility index (Phi) is 11.5. The Balaban J connectivity index is 2.10. The molecule has 0 aliphatic heterocycles. The Morgan fingerprint density at radius 3 is 2.10 bits per heavy atom. The molecular formula is C30H34Cl3N3O4S. The molecule has 0 saturated heterocycles. The number of anilines is 1. The van der Waals surface area contributed by atoms with Gasteiger partial charge in [-0.1, -0.05) is 91.1 Å². The van der Waals surface area contributed by atoms with Crippen LogP contribution in [0, 0.1) is 12.8 Å². The number of nitrogens with zero attached hydrogens (tertiary/aromatic N) is 2. The number of nitrogens with one attached hydrogen (secondary N) is 1. The molecule has 3 rings (SSSR count). The van der Waals surface area contributed by atoms with Gasteiger partial charge in [0.05, 0.1) is 11.9 Å². The highest BCUT2D eigenvalue weighted by Gasteiger charge is 2.34. The first kappa shape index (κ1) is 32.7.